The van der Waals surface area contributed by atoms with Crippen LogP contribution in [0.1, 0.15) is 36.1 Å². The van der Waals surface area contributed by atoms with Crippen molar-refractivity contribution in [2.75, 3.05) is 17.3 Å². The Kier molecular flexibility index (Phi) is 6.46. The van der Waals surface area contributed by atoms with Crippen molar-refractivity contribution < 1.29 is 0 Å². The van der Waals surface area contributed by atoms with E-state index < -0.39 is 0 Å². The highest BCUT2D eigenvalue weighted by atomic mass is 15.1. The van der Waals surface area contributed by atoms with E-state index >= 15 is 0 Å². The fraction of sp³-hybridized carbons (Fsp3) is 0.116. The number of hydrogen-bond acceptors (Lipinski definition) is 2. The SMILES string of the molecule is CN(c1ccccc1)c1ccc2c(c1)C(C)(C)c1cc3c(Nc4ccccc4)c4ccccc4c(Cc4ccccc4)c3cc1-2. The molecule has 8 rings (SSSR count). The molecule has 2 heteroatoms. The summed E-state index contributed by atoms with van der Waals surface area (Å²) in [7, 11) is 2.16. The predicted octanol–water partition coefficient (Wildman–Crippen LogP) is 11.4. The number of hydrogen-bond donors (Lipinski definition) is 1. The Bertz CT molecular complexity index is 2180. The summed E-state index contributed by atoms with van der Waals surface area (Å²) >= 11 is 0. The summed E-state index contributed by atoms with van der Waals surface area (Å²) in [6.07, 6.45) is 0.874. The van der Waals surface area contributed by atoms with Crippen molar-refractivity contribution in [3.05, 3.63) is 168 Å². The van der Waals surface area contributed by atoms with E-state index in [4.69, 9.17) is 0 Å². The third kappa shape index (κ3) is 4.57. The van der Waals surface area contributed by atoms with Gasteiger partial charge in [-0.15, -0.1) is 0 Å². The van der Waals surface area contributed by atoms with Gasteiger partial charge < -0.3 is 10.2 Å². The van der Waals surface area contributed by atoms with Gasteiger partial charge in [-0.25, -0.2) is 0 Å². The van der Waals surface area contributed by atoms with Crippen LogP contribution in [0.5, 0.6) is 0 Å². The summed E-state index contributed by atoms with van der Waals surface area (Å²) in [6.45, 7) is 4.76. The van der Waals surface area contributed by atoms with E-state index in [2.05, 4.69) is 177 Å². The zero-order chi connectivity index (χ0) is 30.5. The molecule has 0 spiro atoms. The van der Waals surface area contributed by atoms with Crippen molar-refractivity contribution in [2.45, 2.75) is 25.7 Å². The third-order valence-electron chi connectivity index (χ3n) is 9.71. The van der Waals surface area contributed by atoms with Gasteiger partial charge in [-0.1, -0.05) is 111 Å². The Labute approximate surface area is 265 Å². The third-order valence-corrected chi connectivity index (χ3v) is 9.71. The van der Waals surface area contributed by atoms with E-state index in [0.717, 1.165) is 12.1 Å². The van der Waals surface area contributed by atoms with Crippen LogP contribution in [0.25, 0.3) is 32.7 Å². The molecule has 0 unspecified atom stereocenters. The summed E-state index contributed by atoms with van der Waals surface area (Å²) < 4.78 is 0. The second kappa shape index (κ2) is 10.7. The van der Waals surface area contributed by atoms with Crippen LogP contribution >= 0.6 is 0 Å². The standard InChI is InChI=1S/C43H36N2/c1-43(2)40-26-32(45(3)31-19-11-6-12-20-31)23-24-34(40)38-27-37-36(25-29-15-7-4-8-16-29)33-21-13-14-22-35(33)42(39(37)28-41(38)43)44-30-17-9-5-10-18-30/h4-24,26-28,44H,25H2,1-3H3. The largest absolute Gasteiger partial charge is 0.355 e. The fourth-order valence-electron chi connectivity index (χ4n) is 7.28. The molecule has 1 aliphatic rings. The molecule has 0 aliphatic heterocycles. The molecule has 7 aromatic rings. The molecule has 1 N–H and O–H groups in total. The lowest BCUT2D eigenvalue weighted by molar-refractivity contribution is 0.661. The van der Waals surface area contributed by atoms with Gasteiger partial charge in [-0.2, -0.15) is 0 Å². The Balaban J connectivity index is 1.38. The van der Waals surface area contributed by atoms with Crippen LogP contribution in [0.3, 0.4) is 0 Å². The number of fused-ring (bicyclic) bond motifs is 5. The van der Waals surface area contributed by atoms with Crippen LogP contribution < -0.4 is 10.2 Å². The van der Waals surface area contributed by atoms with Crippen molar-refractivity contribution in [2.24, 2.45) is 0 Å². The highest BCUT2D eigenvalue weighted by Gasteiger charge is 2.37. The Morgan fingerprint density at radius 3 is 1.89 bits per heavy atom. The van der Waals surface area contributed by atoms with Gasteiger partial charge in [-0.3, -0.25) is 0 Å². The molecule has 45 heavy (non-hydrogen) atoms. The monoisotopic (exact) mass is 580 g/mol. The predicted molar refractivity (Wildman–Crippen MR) is 192 cm³/mol. The Morgan fingerprint density at radius 2 is 1.16 bits per heavy atom. The number of benzene rings is 7. The van der Waals surface area contributed by atoms with Crippen LogP contribution in [0.15, 0.2) is 146 Å². The van der Waals surface area contributed by atoms with E-state index in [0.29, 0.717) is 0 Å². The van der Waals surface area contributed by atoms with Gasteiger partial charge in [-0.05, 0) is 99.1 Å². The molecule has 218 valence electrons. The van der Waals surface area contributed by atoms with Gasteiger partial charge in [0.15, 0.2) is 0 Å². The lowest BCUT2D eigenvalue weighted by Gasteiger charge is -2.25. The number of rotatable bonds is 6. The topological polar surface area (TPSA) is 15.3 Å². The van der Waals surface area contributed by atoms with Crippen LogP contribution in [-0.4, -0.2) is 7.05 Å². The maximum Gasteiger partial charge on any atom is 0.0543 e. The van der Waals surface area contributed by atoms with Crippen molar-refractivity contribution in [3.8, 4) is 11.1 Å². The molecule has 2 nitrogen and oxygen atoms in total. The molecule has 0 heterocycles. The summed E-state index contributed by atoms with van der Waals surface area (Å²) in [5, 5.41) is 8.98. The van der Waals surface area contributed by atoms with Crippen molar-refractivity contribution in [3.63, 3.8) is 0 Å². The molecule has 7 aromatic carbocycles. The molecule has 0 saturated carbocycles. The lowest BCUT2D eigenvalue weighted by Crippen LogP contribution is -2.16. The van der Waals surface area contributed by atoms with E-state index in [-0.39, 0.29) is 5.41 Å². The van der Waals surface area contributed by atoms with Crippen molar-refractivity contribution >= 4 is 44.3 Å². The minimum atomic E-state index is -0.151. The molecular weight excluding hydrogens is 544 g/mol. The van der Waals surface area contributed by atoms with Crippen LogP contribution in [0.4, 0.5) is 22.7 Å². The molecule has 0 amide bonds. The molecule has 0 bridgehead atoms. The van der Waals surface area contributed by atoms with Gasteiger partial charge in [0, 0.05) is 40.3 Å². The summed E-state index contributed by atoms with van der Waals surface area (Å²) in [5.74, 6) is 0. The smallest absolute Gasteiger partial charge is 0.0543 e. The average Bonchev–Trinajstić information content (AvgIpc) is 3.31. The normalized spacial score (nSPS) is 13.0. The molecule has 0 atom stereocenters. The van der Waals surface area contributed by atoms with Crippen molar-refractivity contribution in [1.82, 2.24) is 0 Å². The van der Waals surface area contributed by atoms with Crippen molar-refractivity contribution in [1.29, 1.82) is 0 Å². The summed E-state index contributed by atoms with van der Waals surface area (Å²) in [5.41, 5.74) is 12.6. The first-order valence-electron chi connectivity index (χ1n) is 15.8. The Hall–Kier alpha value is -5.34. The van der Waals surface area contributed by atoms with Gasteiger partial charge in [0.05, 0.1) is 5.69 Å². The number of nitrogens with one attached hydrogen (secondary N) is 1. The van der Waals surface area contributed by atoms with Crippen LogP contribution in [0, 0.1) is 0 Å². The van der Waals surface area contributed by atoms with Gasteiger partial charge in [0.25, 0.3) is 0 Å². The molecule has 1 aliphatic carbocycles. The van der Waals surface area contributed by atoms with E-state index in [9.17, 15) is 0 Å². The van der Waals surface area contributed by atoms with Crippen LogP contribution in [0.2, 0.25) is 0 Å². The maximum absolute atomic E-state index is 3.86. The summed E-state index contributed by atoms with van der Waals surface area (Å²) in [4.78, 5) is 2.28. The van der Waals surface area contributed by atoms with E-state index in [1.54, 1.807) is 0 Å². The number of anilines is 4. The highest BCUT2D eigenvalue weighted by Crippen LogP contribution is 2.53. The highest BCUT2D eigenvalue weighted by molar-refractivity contribution is 6.16. The first-order chi connectivity index (χ1) is 22.0. The quantitative estimate of drug-likeness (QED) is 0.197. The first-order valence-corrected chi connectivity index (χ1v) is 15.8. The molecule has 0 saturated heterocycles. The molecular formula is C43H36N2. The number of nitrogens with zero attached hydrogens (tertiary/aromatic N) is 1. The molecule has 0 aromatic heterocycles. The zero-order valence-corrected chi connectivity index (χ0v) is 26.0. The fourth-order valence-corrected chi connectivity index (χ4v) is 7.28. The van der Waals surface area contributed by atoms with E-state index in [1.807, 2.05) is 0 Å². The number of para-hydroxylation sites is 2. The second-order valence-corrected chi connectivity index (χ2v) is 12.7. The minimum Gasteiger partial charge on any atom is -0.355 e. The van der Waals surface area contributed by atoms with E-state index in [1.165, 1.54) is 72.0 Å². The first kappa shape index (κ1) is 27.2. The van der Waals surface area contributed by atoms with Crippen LogP contribution in [-0.2, 0) is 11.8 Å². The van der Waals surface area contributed by atoms with Gasteiger partial charge in [0.2, 0.25) is 0 Å². The second-order valence-electron chi connectivity index (χ2n) is 12.7. The summed E-state index contributed by atoms with van der Waals surface area (Å²) in [6, 6.07) is 52.9. The zero-order valence-electron chi connectivity index (χ0n) is 26.0. The lowest BCUT2D eigenvalue weighted by atomic mass is 9.80. The van der Waals surface area contributed by atoms with Gasteiger partial charge in [0.1, 0.15) is 0 Å². The Morgan fingerprint density at radius 1 is 0.533 bits per heavy atom. The van der Waals surface area contributed by atoms with Gasteiger partial charge >= 0.3 is 0 Å². The molecule has 0 fully saturated rings. The minimum absolute atomic E-state index is 0.151. The average molecular weight is 581 g/mol. The molecule has 0 radical (unpaired) electrons. The maximum atomic E-state index is 3.86.